The fourth-order valence-electron chi connectivity index (χ4n) is 3.87. The number of aryl methyl sites for hydroxylation is 1. The summed E-state index contributed by atoms with van der Waals surface area (Å²) in [7, 11) is -5.11. The SMILES string of the molecule is Cc1cc(=O)oc2cc(OP(=O)([O-])[O-])ccc12.[NH3+]C1CCCCC1.[NH3+]C1CCCCC1. The van der Waals surface area contributed by atoms with Gasteiger partial charge in [0.25, 0.3) is 0 Å². The van der Waals surface area contributed by atoms with Crippen molar-refractivity contribution in [2.75, 3.05) is 0 Å². The van der Waals surface area contributed by atoms with Crippen LogP contribution in [0.2, 0.25) is 0 Å². The van der Waals surface area contributed by atoms with Crippen LogP contribution in [0.4, 0.5) is 0 Å². The van der Waals surface area contributed by atoms with Crippen molar-refractivity contribution in [3.8, 4) is 5.75 Å². The van der Waals surface area contributed by atoms with Crippen LogP contribution in [0, 0.1) is 6.92 Å². The number of fused-ring (bicyclic) bond motifs is 1. The maximum Gasteiger partial charge on any atom is 0.336 e. The molecule has 1 heterocycles. The highest BCUT2D eigenvalue weighted by atomic mass is 31.2. The molecule has 0 amide bonds. The van der Waals surface area contributed by atoms with Crippen molar-refractivity contribution in [1.82, 2.24) is 0 Å². The van der Waals surface area contributed by atoms with Gasteiger partial charge in [-0.3, -0.25) is 0 Å². The third-order valence-electron chi connectivity index (χ3n) is 5.59. The Morgan fingerprint density at radius 3 is 1.87 bits per heavy atom. The molecule has 31 heavy (non-hydrogen) atoms. The van der Waals surface area contributed by atoms with Gasteiger partial charge < -0.3 is 34.8 Å². The van der Waals surface area contributed by atoms with E-state index in [9.17, 15) is 19.1 Å². The molecule has 9 heteroatoms. The van der Waals surface area contributed by atoms with Crippen molar-refractivity contribution in [3.05, 3.63) is 40.2 Å². The average molecular weight is 455 g/mol. The fraction of sp³-hybridized carbons (Fsp3) is 0.591. The maximum absolute atomic E-state index is 11.1. The van der Waals surface area contributed by atoms with Gasteiger partial charge in [-0.25, -0.2) is 4.79 Å². The van der Waals surface area contributed by atoms with Crippen LogP contribution in [0.25, 0.3) is 11.0 Å². The molecule has 0 radical (unpaired) electrons. The number of phosphoric ester groups is 1. The topological polar surface area (TPSA) is 158 Å². The minimum atomic E-state index is -5.11. The monoisotopic (exact) mass is 454 g/mol. The third-order valence-corrected chi connectivity index (χ3v) is 6.02. The van der Waals surface area contributed by atoms with Crippen molar-refractivity contribution in [2.24, 2.45) is 0 Å². The molecule has 2 aromatic rings. The molecule has 2 aliphatic rings. The van der Waals surface area contributed by atoms with Crippen LogP contribution in [-0.2, 0) is 4.57 Å². The molecule has 0 saturated heterocycles. The van der Waals surface area contributed by atoms with Crippen LogP contribution in [0.3, 0.4) is 0 Å². The van der Waals surface area contributed by atoms with Gasteiger partial charge in [-0.2, -0.15) is 0 Å². The van der Waals surface area contributed by atoms with Gasteiger partial charge in [0.2, 0.25) is 0 Å². The molecule has 2 aliphatic carbocycles. The lowest BCUT2D eigenvalue weighted by Crippen LogP contribution is -2.61. The van der Waals surface area contributed by atoms with Crippen LogP contribution in [0.5, 0.6) is 5.75 Å². The Labute approximate surface area is 183 Å². The van der Waals surface area contributed by atoms with Gasteiger partial charge in [0, 0.05) is 17.5 Å². The number of quaternary nitrogens is 2. The zero-order chi connectivity index (χ0) is 22.9. The van der Waals surface area contributed by atoms with Crippen LogP contribution in [0.15, 0.2) is 33.5 Å². The molecule has 0 bridgehead atoms. The summed E-state index contributed by atoms with van der Waals surface area (Å²) in [5.74, 6) is -0.181. The maximum atomic E-state index is 11.1. The molecule has 2 fully saturated rings. The Hall–Kier alpha value is -1.70. The quantitative estimate of drug-likeness (QED) is 0.516. The van der Waals surface area contributed by atoms with Gasteiger partial charge in [0.15, 0.2) is 0 Å². The highest BCUT2D eigenvalue weighted by Crippen LogP contribution is 2.31. The Bertz CT molecular complexity index is 898. The molecule has 0 atom stereocenters. The summed E-state index contributed by atoms with van der Waals surface area (Å²) in [6.07, 6.45) is 14.1. The van der Waals surface area contributed by atoms with E-state index < -0.39 is 13.4 Å². The second kappa shape index (κ2) is 12.4. The first-order valence-electron chi connectivity index (χ1n) is 11.1. The summed E-state index contributed by atoms with van der Waals surface area (Å²) in [6.45, 7) is 1.71. The number of phosphoric acid groups is 1. The van der Waals surface area contributed by atoms with Gasteiger partial charge in [0.05, 0.1) is 12.1 Å². The number of hydrogen-bond acceptors (Lipinski definition) is 6. The van der Waals surface area contributed by atoms with Gasteiger partial charge in [-0.15, -0.1) is 0 Å². The van der Waals surface area contributed by atoms with Gasteiger partial charge >= 0.3 is 5.63 Å². The third kappa shape index (κ3) is 9.97. The lowest BCUT2D eigenvalue weighted by molar-refractivity contribution is -0.425. The highest BCUT2D eigenvalue weighted by molar-refractivity contribution is 7.43. The van der Waals surface area contributed by atoms with Crippen LogP contribution in [-0.4, -0.2) is 12.1 Å². The zero-order valence-corrected chi connectivity index (χ0v) is 19.2. The molecule has 0 aliphatic heterocycles. The summed E-state index contributed by atoms with van der Waals surface area (Å²) in [5, 5.41) is 0.642. The summed E-state index contributed by atoms with van der Waals surface area (Å²) < 4.78 is 19.5. The molecule has 0 spiro atoms. The number of hydrogen-bond donors (Lipinski definition) is 2. The number of benzene rings is 1. The summed E-state index contributed by atoms with van der Waals surface area (Å²) in [5.41, 5.74) is 8.30. The summed E-state index contributed by atoms with van der Waals surface area (Å²) in [4.78, 5) is 32.0. The Morgan fingerprint density at radius 2 is 1.45 bits per heavy atom. The molecule has 1 aromatic heterocycles. The molecule has 0 unspecified atom stereocenters. The molecule has 4 rings (SSSR count). The van der Waals surface area contributed by atoms with E-state index in [0.29, 0.717) is 10.9 Å². The van der Waals surface area contributed by atoms with Crippen LogP contribution in [0.1, 0.15) is 69.8 Å². The second-order valence-electron chi connectivity index (χ2n) is 8.45. The number of rotatable bonds is 2. The molecule has 1 aromatic carbocycles. The summed E-state index contributed by atoms with van der Waals surface area (Å²) in [6, 6.07) is 6.90. The highest BCUT2D eigenvalue weighted by Gasteiger charge is 2.10. The van der Waals surface area contributed by atoms with Crippen molar-refractivity contribution in [3.63, 3.8) is 0 Å². The minimum absolute atomic E-state index is 0.168. The van der Waals surface area contributed by atoms with Crippen LogP contribution >= 0.6 is 7.82 Å². The van der Waals surface area contributed by atoms with Crippen LogP contribution < -0.4 is 31.4 Å². The first-order chi connectivity index (χ1) is 14.6. The Morgan fingerprint density at radius 1 is 0.935 bits per heavy atom. The zero-order valence-electron chi connectivity index (χ0n) is 18.3. The van der Waals surface area contributed by atoms with Crippen molar-refractivity contribution in [2.45, 2.75) is 83.2 Å². The molecule has 2 saturated carbocycles. The normalized spacial score (nSPS) is 17.8. The fourth-order valence-corrected chi connectivity index (χ4v) is 4.24. The van der Waals surface area contributed by atoms with Crippen molar-refractivity contribution in [1.29, 1.82) is 0 Å². The standard InChI is InChI=1S/C10H9O6P.2C6H13N/c1-6-4-10(11)15-9-5-7(2-3-8(6)9)16-17(12,13)14;2*7-6-4-2-1-3-5-6/h2-5H,1H3,(H2,12,13,14);2*6H,1-5,7H2. The van der Waals surface area contributed by atoms with E-state index in [2.05, 4.69) is 16.0 Å². The second-order valence-corrected chi connectivity index (χ2v) is 9.53. The van der Waals surface area contributed by atoms with E-state index in [-0.39, 0.29) is 11.3 Å². The largest absolute Gasteiger partial charge is 0.780 e. The Kier molecular flexibility index (Phi) is 10.2. The molecular weight excluding hydrogens is 419 g/mol. The van der Waals surface area contributed by atoms with E-state index in [1.165, 1.54) is 88.5 Å². The average Bonchev–Trinajstić information content (AvgIpc) is 2.68. The summed E-state index contributed by atoms with van der Waals surface area (Å²) >= 11 is 0. The van der Waals surface area contributed by atoms with Crippen molar-refractivity contribution >= 4 is 18.8 Å². The van der Waals surface area contributed by atoms with Gasteiger partial charge in [-0.05, 0) is 76.0 Å². The Balaban J connectivity index is 0.000000199. The van der Waals surface area contributed by atoms with E-state index in [0.717, 1.165) is 12.1 Å². The lowest BCUT2D eigenvalue weighted by atomic mass is 9.97. The molecule has 6 N–H and O–H groups in total. The molecule has 174 valence electrons. The van der Waals surface area contributed by atoms with Crippen molar-refractivity contribution < 1.29 is 34.8 Å². The molecular formula is C22H35N2O6P. The smallest absolute Gasteiger partial charge is 0.336 e. The van der Waals surface area contributed by atoms with E-state index >= 15 is 0 Å². The predicted octanol–water partition coefficient (Wildman–Crippen LogP) is 1.43. The van der Waals surface area contributed by atoms with E-state index in [1.807, 2.05) is 0 Å². The van der Waals surface area contributed by atoms with Gasteiger partial charge in [0.1, 0.15) is 19.2 Å². The molecule has 8 nitrogen and oxygen atoms in total. The predicted molar refractivity (Wildman–Crippen MR) is 115 cm³/mol. The lowest BCUT2D eigenvalue weighted by Gasteiger charge is -2.28. The minimum Gasteiger partial charge on any atom is -0.780 e. The van der Waals surface area contributed by atoms with E-state index in [1.54, 1.807) is 6.92 Å². The van der Waals surface area contributed by atoms with E-state index in [4.69, 9.17) is 4.42 Å². The first kappa shape index (κ1) is 25.6. The van der Waals surface area contributed by atoms with Gasteiger partial charge in [-0.1, -0.05) is 12.8 Å². The first-order valence-corrected chi connectivity index (χ1v) is 12.5.